The number of phenols is 1. The van der Waals surface area contributed by atoms with Gasteiger partial charge in [0, 0.05) is 42.8 Å². The van der Waals surface area contributed by atoms with Gasteiger partial charge in [-0.05, 0) is 72.8 Å². The first-order valence-electron chi connectivity index (χ1n) is 9.27. The van der Waals surface area contributed by atoms with Crippen LogP contribution in [0.25, 0.3) is 0 Å². The van der Waals surface area contributed by atoms with E-state index in [9.17, 15) is 24.9 Å². The van der Waals surface area contributed by atoms with Crippen LogP contribution < -0.4 is 119 Å². The number of rotatable bonds is 10. The number of aliphatic carboxylic acids is 2. The van der Waals surface area contributed by atoms with E-state index in [0.29, 0.717) is 5.75 Å². The minimum absolute atomic E-state index is 0. The molecule has 0 spiro atoms. The van der Waals surface area contributed by atoms with Crippen LogP contribution in [0.2, 0.25) is 0 Å². The van der Waals surface area contributed by atoms with Gasteiger partial charge >= 0.3 is 103 Å². The summed E-state index contributed by atoms with van der Waals surface area (Å²) in [6, 6.07) is 3.00. The van der Waals surface area contributed by atoms with Gasteiger partial charge in [-0.2, -0.15) is 0 Å². The molecule has 0 radical (unpaired) electrons. The number of hydrogen-bond acceptors (Lipinski definition) is 9. The smallest absolute Gasteiger partial charge is 0.550 e. The van der Waals surface area contributed by atoms with Crippen LogP contribution in [0.15, 0.2) is 12.1 Å². The summed E-state index contributed by atoms with van der Waals surface area (Å²) >= 11 is 0. The maximum atomic E-state index is 10.4. The monoisotopic (exact) mass is 488 g/mol. The molecule has 0 aliphatic carbocycles. The molecule has 0 unspecified atom stereocenters. The average molecular weight is 489 g/mol. The third kappa shape index (κ3) is 18.1. The van der Waals surface area contributed by atoms with Gasteiger partial charge < -0.3 is 45.3 Å². The van der Waals surface area contributed by atoms with Crippen LogP contribution in [-0.2, 0) is 29.2 Å². The molecule has 1 rings (SSSR count). The van der Waals surface area contributed by atoms with Crippen molar-refractivity contribution in [3.8, 4) is 5.75 Å². The number of carbonyl (C=O) groups excluding carboxylic acids is 2. The number of carbonyl (C=O) groups is 2. The van der Waals surface area contributed by atoms with E-state index < -0.39 is 18.0 Å². The number of carboxylic acid groups (broad SMARTS) is 2. The molecule has 9 nitrogen and oxygen atoms in total. The summed E-state index contributed by atoms with van der Waals surface area (Å²) in [4.78, 5) is 25.9. The Labute approximate surface area is 271 Å². The maximum absolute atomic E-state index is 10.4. The van der Waals surface area contributed by atoms with Crippen LogP contribution >= 0.6 is 0 Å². The Morgan fingerprint density at radius 2 is 1.29 bits per heavy atom. The molecule has 0 aromatic heterocycles. The largest absolute Gasteiger partial charge is 1.00 e. The van der Waals surface area contributed by atoms with Crippen molar-refractivity contribution in [3.05, 3.63) is 28.8 Å². The van der Waals surface area contributed by atoms with E-state index in [1.54, 1.807) is 0 Å². The molecule has 1 aromatic carbocycles. The van der Waals surface area contributed by atoms with Gasteiger partial charge in [-0.3, -0.25) is 0 Å². The first-order valence-corrected chi connectivity index (χ1v) is 9.27. The quantitative estimate of drug-likeness (QED) is 0.308. The van der Waals surface area contributed by atoms with Crippen molar-refractivity contribution in [3.63, 3.8) is 0 Å². The summed E-state index contributed by atoms with van der Waals surface area (Å²) in [6.45, 7) is 2.40. The zero-order valence-electron chi connectivity index (χ0n) is 20.3. The van der Waals surface area contributed by atoms with Gasteiger partial charge in [0.25, 0.3) is 0 Å². The second-order valence-electron chi connectivity index (χ2n) is 7.81. The van der Waals surface area contributed by atoms with E-state index in [1.807, 2.05) is 28.2 Å². The number of phenolic OH excluding ortho intramolecular Hbond substituents is 1. The second kappa shape index (κ2) is 19.4. The zero-order chi connectivity index (χ0) is 22.7. The SMILES string of the molecule is CN(C)Cc1cc(CN(C)C)c(O)c(CN(C)C)c1.N[C@@H](CCC(=O)[O-])C(=O)[O-].[K+].[K+]. The Hall–Kier alpha value is 1.07. The van der Waals surface area contributed by atoms with Crippen LogP contribution in [0.5, 0.6) is 5.75 Å². The van der Waals surface area contributed by atoms with Gasteiger partial charge in [0.1, 0.15) is 5.75 Å². The Balaban J connectivity index is -0.000000563. The predicted molar refractivity (Wildman–Crippen MR) is 108 cm³/mol. The van der Waals surface area contributed by atoms with Crippen molar-refractivity contribution >= 4 is 11.9 Å². The molecular formula is C20H34K2N4O5. The molecule has 0 aliphatic heterocycles. The van der Waals surface area contributed by atoms with E-state index in [1.165, 1.54) is 5.56 Å². The molecule has 0 aliphatic rings. The van der Waals surface area contributed by atoms with E-state index in [0.717, 1.165) is 30.8 Å². The number of benzene rings is 1. The standard InChI is InChI=1S/C15H27N3O.C5H9NO4.2K/c1-16(2)9-12-7-13(10-17(3)4)15(19)14(8-12)11-18(5)6;6-3(5(9)10)1-2-4(7)8;;/h7-8,19H,9-11H2,1-6H3;3H,1-2,6H2,(H,7,8)(H,9,10);;/q;;2*+1/p-2/t;3-;;/m.0../s1. The van der Waals surface area contributed by atoms with Crippen LogP contribution in [0, 0.1) is 0 Å². The van der Waals surface area contributed by atoms with E-state index >= 15 is 0 Å². The molecule has 0 saturated carbocycles. The number of hydrogen-bond donors (Lipinski definition) is 2. The summed E-state index contributed by atoms with van der Waals surface area (Å²) < 4.78 is 0. The average Bonchev–Trinajstić information content (AvgIpc) is 2.55. The van der Waals surface area contributed by atoms with Gasteiger partial charge in [-0.25, -0.2) is 0 Å². The maximum Gasteiger partial charge on any atom is 1.00 e. The third-order valence-corrected chi connectivity index (χ3v) is 3.76. The fourth-order valence-corrected chi connectivity index (χ4v) is 2.60. The number of aromatic hydroxyl groups is 1. The molecule has 0 saturated heterocycles. The minimum Gasteiger partial charge on any atom is -0.550 e. The molecule has 31 heavy (non-hydrogen) atoms. The molecular weight excluding hydrogens is 454 g/mol. The molecule has 0 heterocycles. The van der Waals surface area contributed by atoms with Gasteiger partial charge in [0.15, 0.2) is 0 Å². The molecule has 0 fully saturated rings. The molecule has 166 valence electrons. The summed E-state index contributed by atoms with van der Waals surface area (Å²) in [5.74, 6) is -2.32. The Bertz CT molecular complexity index is 642. The molecule has 1 aromatic rings. The fraction of sp³-hybridized carbons (Fsp3) is 0.600. The van der Waals surface area contributed by atoms with Crippen molar-refractivity contribution in [1.82, 2.24) is 14.7 Å². The van der Waals surface area contributed by atoms with Gasteiger partial charge in [0.2, 0.25) is 0 Å². The Morgan fingerprint density at radius 1 is 0.903 bits per heavy atom. The fourth-order valence-electron chi connectivity index (χ4n) is 2.60. The minimum atomic E-state index is -1.44. The van der Waals surface area contributed by atoms with E-state index in [4.69, 9.17) is 5.73 Å². The third-order valence-electron chi connectivity index (χ3n) is 3.76. The normalized spacial score (nSPS) is 11.3. The van der Waals surface area contributed by atoms with Crippen molar-refractivity contribution < 1.29 is 128 Å². The Morgan fingerprint density at radius 3 is 1.58 bits per heavy atom. The topological polar surface area (TPSA) is 136 Å². The summed E-state index contributed by atoms with van der Waals surface area (Å²) in [6.07, 6.45) is -0.500. The van der Waals surface area contributed by atoms with Crippen LogP contribution in [0.1, 0.15) is 29.5 Å². The number of carboxylic acids is 2. The van der Waals surface area contributed by atoms with Gasteiger partial charge in [-0.15, -0.1) is 0 Å². The van der Waals surface area contributed by atoms with Crippen molar-refractivity contribution in [2.24, 2.45) is 5.73 Å². The summed E-state index contributed by atoms with van der Waals surface area (Å²) in [5, 5.41) is 30.0. The predicted octanol–water partition coefficient (Wildman–Crippen LogP) is -7.82. The molecule has 11 heteroatoms. The van der Waals surface area contributed by atoms with Gasteiger partial charge in [-0.1, -0.05) is 0 Å². The molecule has 3 N–H and O–H groups in total. The number of nitrogens with two attached hydrogens (primary N) is 1. The van der Waals surface area contributed by atoms with Crippen LogP contribution in [0.3, 0.4) is 0 Å². The van der Waals surface area contributed by atoms with E-state index in [-0.39, 0.29) is 116 Å². The van der Waals surface area contributed by atoms with Crippen molar-refractivity contribution in [2.75, 3.05) is 42.3 Å². The number of nitrogens with zero attached hydrogens (tertiary/aromatic N) is 3. The second-order valence-corrected chi connectivity index (χ2v) is 7.81. The van der Waals surface area contributed by atoms with Gasteiger partial charge in [0.05, 0.1) is 5.97 Å². The van der Waals surface area contributed by atoms with E-state index in [2.05, 4.69) is 40.9 Å². The molecule has 1 atom stereocenters. The van der Waals surface area contributed by atoms with Crippen LogP contribution in [0.4, 0.5) is 0 Å². The molecule has 0 amide bonds. The summed E-state index contributed by atoms with van der Waals surface area (Å²) in [5.41, 5.74) is 8.16. The Kier molecular flexibility index (Phi) is 22.9. The first-order chi connectivity index (χ1) is 13.3. The van der Waals surface area contributed by atoms with Crippen LogP contribution in [-0.4, -0.2) is 80.1 Å². The van der Waals surface area contributed by atoms with Crippen molar-refractivity contribution in [2.45, 2.75) is 38.5 Å². The first kappa shape index (κ1) is 36.6. The zero-order valence-corrected chi connectivity index (χ0v) is 26.5. The molecule has 0 bridgehead atoms. The van der Waals surface area contributed by atoms with Crippen molar-refractivity contribution in [1.29, 1.82) is 0 Å². The summed E-state index contributed by atoms with van der Waals surface area (Å²) in [7, 11) is 12.2.